The van der Waals surface area contributed by atoms with Crippen LogP contribution in [0.2, 0.25) is 0 Å². The quantitative estimate of drug-likeness (QED) is 0.393. The highest BCUT2D eigenvalue weighted by atomic mass is 17.1. The minimum Gasteiger partial charge on any atom is -0.340 e. The molecular weight excluding hydrogens is 348 g/mol. The maximum Gasteiger partial charge on any atom is 0.165 e. The van der Waals surface area contributed by atoms with Gasteiger partial charge in [0.05, 0.1) is 0 Å². The molecule has 0 fully saturated rings. The van der Waals surface area contributed by atoms with Gasteiger partial charge in [-0.3, -0.25) is 0 Å². The molecule has 0 bridgehead atoms. The summed E-state index contributed by atoms with van der Waals surface area (Å²) in [4.78, 5) is 12.8. The normalized spacial score (nSPS) is 11.9. The van der Waals surface area contributed by atoms with Gasteiger partial charge in [-0.25, -0.2) is 15.8 Å². The van der Waals surface area contributed by atoms with E-state index in [-0.39, 0.29) is 11.8 Å². The average molecular weight is 368 g/mol. The van der Waals surface area contributed by atoms with Gasteiger partial charge < -0.3 is 14.7 Å². The fraction of sp³-hybridized carbons (Fsp3) is 0.143. The molecule has 0 radical (unpaired) electrons. The molecular formula is C21H20O6. The molecule has 0 spiro atoms. The van der Waals surface area contributed by atoms with Crippen molar-refractivity contribution in [3.05, 3.63) is 89.5 Å². The highest BCUT2D eigenvalue weighted by Crippen LogP contribution is 2.39. The summed E-state index contributed by atoms with van der Waals surface area (Å²) >= 11 is 0. The molecule has 3 aromatic rings. The third kappa shape index (κ3) is 4.20. The third-order valence-corrected chi connectivity index (χ3v) is 4.70. The molecule has 27 heavy (non-hydrogen) atoms. The second kappa shape index (κ2) is 8.55. The van der Waals surface area contributed by atoms with Crippen LogP contribution in [0, 0.1) is 0 Å². The van der Waals surface area contributed by atoms with Crippen LogP contribution in [0.25, 0.3) is 0 Å². The first-order chi connectivity index (χ1) is 13.2. The topological polar surface area (TPSA) is 88.4 Å². The van der Waals surface area contributed by atoms with Gasteiger partial charge in [0.1, 0.15) is 0 Å². The monoisotopic (exact) mass is 368 g/mol. The third-order valence-electron chi connectivity index (χ3n) is 4.70. The second-order valence-electron chi connectivity index (χ2n) is 6.25. The molecule has 0 aliphatic rings. The molecule has 0 aliphatic heterocycles. The van der Waals surface area contributed by atoms with Crippen LogP contribution < -0.4 is 14.7 Å². The maximum absolute atomic E-state index is 8.81. The van der Waals surface area contributed by atoms with Gasteiger partial charge >= 0.3 is 0 Å². The average Bonchev–Trinajstić information content (AvgIpc) is 2.75. The van der Waals surface area contributed by atoms with Gasteiger partial charge in [0.25, 0.3) is 0 Å². The Kier molecular flexibility index (Phi) is 5.93. The number of rotatable bonds is 7. The van der Waals surface area contributed by atoms with Crippen LogP contribution in [-0.4, -0.2) is 15.8 Å². The van der Waals surface area contributed by atoms with Gasteiger partial charge in [0, 0.05) is 5.92 Å². The van der Waals surface area contributed by atoms with E-state index < -0.39 is 0 Å². The Morgan fingerprint density at radius 3 is 1.11 bits per heavy atom. The van der Waals surface area contributed by atoms with E-state index in [0.717, 1.165) is 16.7 Å². The van der Waals surface area contributed by atoms with E-state index in [1.165, 1.54) is 0 Å². The van der Waals surface area contributed by atoms with Gasteiger partial charge in [0.15, 0.2) is 17.2 Å². The van der Waals surface area contributed by atoms with Crippen LogP contribution in [0.3, 0.4) is 0 Å². The van der Waals surface area contributed by atoms with Crippen LogP contribution in [0.5, 0.6) is 17.2 Å². The molecule has 0 saturated heterocycles. The lowest BCUT2D eigenvalue weighted by Crippen LogP contribution is -2.10. The summed E-state index contributed by atoms with van der Waals surface area (Å²) in [5.41, 5.74) is 3.12. The summed E-state index contributed by atoms with van der Waals surface area (Å²) in [6.07, 6.45) is 0. The van der Waals surface area contributed by atoms with Gasteiger partial charge in [-0.2, -0.15) is 0 Å². The van der Waals surface area contributed by atoms with Crippen molar-refractivity contribution in [3.63, 3.8) is 0 Å². The summed E-state index contributed by atoms with van der Waals surface area (Å²) < 4.78 is 0. The van der Waals surface area contributed by atoms with E-state index in [9.17, 15) is 0 Å². The number of hydrogen-bond acceptors (Lipinski definition) is 6. The largest absolute Gasteiger partial charge is 0.340 e. The van der Waals surface area contributed by atoms with E-state index in [1.807, 2.05) is 36.4 Å². The Morgan fingerprint density at radius 2 is 0.815 bits per heavy atom. The van der Waals surface area contributed by atoms with Crippen molar-refractivity contribution in [2.75, 3.05) is 0 Å². The Hall–Kier alpha value is -3.06. The van der Waals surface area contributed by atoms with Crippen molar-refractivity contribution < 1.29 is 30.4 Å². The van der Waals surface area contributed by atoms with Crippen LogP contribution in [0.1, 0.15) is 35.4 Å². The lowest BCUT2D eigenvalue weighted by atomic mass is 9.78. The molecule has 0 aromatic heterocycles. The van der Waals surface area contributed by atoms with Gasteiger partial charge in [0.2, 0.25) is 0 Å². The highest BCUT2D eigenvalue weighted by molar-refractivity contribution is 5.42. The summed E-state index contributed by atoms with van der Waals surface area (Å²) in [6, 6.07) is 21.6. The second-order valence-corrected chi connectivity index (χ2v) is 6.25. The van der Waals surface area contributed by atoms with Crippen LogP contribution in [0.4, 0.5) is 0 Å². The summed E-state index contributed by atoms with van der Waals surface area (Å²) in [5.74, 6) is 1.17. The molecule has 6 heteroatoms. The van der Waals surface area contributed by atoms with E-state index in [1.54, 1.807) is 36.4 Å². The Balaban J connectivity index is 2.01. The Labute approximate surface area is 156 Å². The van der Waals surface area contributed by atoms with Gasteiger partial charge in [-0.15, -0.1) is 0 Å². The predicted molar refractivity (Wildman–Crippen MR) is 99.4 cm³/mol. The van der Waals surface area contributed by atoms with Crippen molar-refractivity contribution in [1.82, 2.24) is 0 Å². The molecule has 0 heterocycles. The van der Waals surface area contributed by atoms with Crippen molar-refractivity contribution in [1.29, 1.82) is 0 Å². The van der Waals surface area contributed by atoms with Gasteiger partial charge in [-0.05, 0) is 59.0 Å². The van der Waals surface area contributed by atoms with E-state index >= 15 is 0 Å². The molecule has 3 N–H and O–H groups in total. The van der Waals surface area contributed by atoms with Crippen molar-refractivity contribution in [3.8, 4) is 17.2 Å². The Morgan fingerprint density at radius 1 is 0.519 bits per heavy atom. The van der Waals surface area contributed by atoms with Crippen molar-refractivity contribution in [2.45, 2.75) is 18.8 Å². The lowest BCUT2D eigenvalue weighted by molar-refractivity contribution is -0.137. The number of benzene rings is 3. The highest BCUT2D eigenvalue weighted by Gasteiger charge is 2.23. The molecule has 3 aromatic carbocycles. The van der Waals surface area contributed by atoms with Gasteiger partial charge in [-0.1, -0.05) is 43.3 Å². The van der Waals surface area contributed by atoms with E-state index in [0.29, 0.717) is 17.2 Å². The minimum atomic E-state index is -0.00798. The maximum atomic E-state index is 8.81. The zero-order valence-corrected chi connectivity index (χ0v) is 14.6. The predicted octanol–water partition coefficient (Wildman–Crippen LogP) is 5.18. The smallest absolute Gasteiger partial charge is 0.165 e. The van der Waals surface area contributed by atoms with Crippen LogP contribution >= 0.6 is 0 Å². The van der Waals surface area contributed by atoms with Crippen LogP contribution in [-0.2, 0) is 0 Å². The van der Waals surface area contributed by atoms with Crippen LogP contribution in [0.15, 0.2) is 72.8 Å². The molecule has 0 amide bonds. The lowest BCUT2D eigenvalue weighted by Gasteiger charge is -2.26. The summed E-state index contributed by atoms with van der Waals surface area (Å²) in [5, 5.41) is 26.4. The first-order valence-electron chi connectivity index (χ1n) is 8.40. The zero-order valence-electron chi connectivity index (χ0n) is 14.6. The number of hydrogen-bond donors (Lipinski definition) is 3. The van der Waals surface area contributed by atoms with Crippen molar-refractivity contribution in [2.24, 2.45) is 0 Å². The van der Waals surface area contributed by atoms with E-state index in [2.05, 4.69) is 21.6 Å². The Bertz CT molecular complexity index is 796. The fourth-order valence-electron chi connectivity index (χ4n) is 3.27. The summed E-state index contributed by atoms with van der Waals surface area (Å²) in [7, 11) is 0. The molecule has 6 nitrogen and oxygen atoms in total. The fourth-order valence-corrected chi connectivity index (χ4v) is 3.27. The summed E-state index contributed by atoms with van der Waals surface area (Å²) in [6.45, 7) is 2.10. The minimum absolute atomic E-state index is 0.00798. The molecule has 140 valence electrons. The SMILES string of the molecule is CC(c1ccc(OO)cc1)C(c1ccc(OO)cc1)c1ccc(OO)cc1. The standard InChI is InChI=1S/C21H20O6/c1-14(15-2-8-18(25-22)9-3-15)21(16-4-10-19(26-23)11-5-16)17-6-12-20(27-24)13-7-17/h2-14,21-24H,1H3. The molecule has 0 aliphatic carbocycles. The molecule has 1 unspecified atom stereocenters. The molecule has 0 saturated carbocycles. The first-order valence-corrected chi connectivity index (χ1v) is 8.40. The zero-order chi connectivity index (χ0) is 19.2. The molecule has 3 rings (SSSR count). The van der Waals surface area contributed by atoms with E-state index in [4.69, 9.17) is 15.8 Å². The molecule has 1 atom stereocenters. The first kappa shape index (κ1) is 18.7. The van der Waals surface area contributed by atoms with Crippen molar-refractivity contribution >= 4 is 0 Å².